The molecule has 5 nitrogen and oxygen atoms in total. The van der Waals surface area contributed by atoms with Gasteiger partial charge in [-0.25, -0.2) is 4.98 Å². The van der Waals surface area contributed by atoms with Gasteiger partial charge in [-0.1, -0.05) is 6.42 Å². The molecule has 1 aliphatic carbocycles. The number of nitrogens with zero attached hydrogens (tertiary/aromatic N) is 4. The van der Waals surface area contributed by atoms with Gasteiger partial charge in [-0.2, -0.15) is 0 Å². The Labute approximate surface area is 148 Å². The quantitative estimate of drug-likeness (QED) is 0.801. The first-order chi connectivity index (χ1) is 12.2. The molecular weight excluding hydrogens is 312 g/mol. The summed E-state index contributed by atoms with van der Waals surface area (Å²) in [4.78, 5) is 21.3. The average molecular weight is 338 g/mol. The number of carbonyl (C=O) groups is 1. The lowest BCUT2D eigenvalue weighted by atomic mass is 9.91. The van der Waals surface area contributed by atoms with Crippen LogP contribution in [-0.2, 0) is 30.7 Å². The molecule has 3 aliphatic rings. The number of hydrogen-bond donors (Lipinski definition) is 0. The Morgan fingerprint density at radius 2 is 1.96 bits per heavy atom. The number of amides is 1. The van der Waals surface area contributed by atoms with Gasteiger partial charge in [-0.05, 0) is 42.5 Å². The predicted molar refractivity (Wildman–Crippen MR) is 97.4 cm³/mol. The summed E-state index contributed by atoms with van der Waals surface area (Å²) in [7, 11) is 0. The molecule has 0 spiro atoms. The van der Waals surface area contributed by atoms with E-state index in [1.54, 1.807) is 6.92 Å². The molecule has 3 heterocycles. The van der Waals surface area contributed by atoms with Crippen LogP contribution in [0.25, 0.3) is 11.0 Å². The second-order valence-electron chi connectivity index (χ2n) is 7.85. The van der Waals surface area contributed by atoms with Crippen molar-refractivity contribution in [2.75, 3.05) is 19.6 Å². The Morgan fingerprint density at radius 3 is 2.72 bits per heavy atom. The van der Waals surface area contributed by atoms with Crippen LogP contribution in [0.1, 0.15) is 43.1 Å². The highest BCUT2D eigenvalue weighted by Crippen LogP contribution is 2.29. The summed E-state index contributed by atoms with van der Waals surface area (Å²) in [5.41, 5.74) is 5.07. The van der Waals surface area contributed by atoms with Gasteiger partial charge >= 0.3 is 0 Å². The molecule has 132 valence electrons. The van der Waals surface area contributed by atoms with E-state index in [-0.39, 0.29) is 5.91 Å². The van der Waals surface area contributed by atoms with Gasteiger partial charge in [0.25, 0.3) is 0 Å². The van der Waals surface area contributed by atoms with E-state index in [0.29, 0.717) is 0 Å². The molecule has 1 aromatic carbocycles. The standard InChI is InChI=1S/C20H26N4O/c1-14(25)23-7-5-15-11-18-19(12-16(15)13-23)24-10-9-22(17-3-2-4-17)8-6-20(24)21-18/h11-12,17H,2-10,13H2,1H3. The highest BCUT2D eigenvalue weighted by atomic mass is 16.2. The fraction of sp³-hybridized carbons (Fsp3) is 0.600. The van der Waals surface area contributed by atoms with Gasteiger partial charge < -0.3 is 9.47 Å². The number of carbonyl (C=O) groups excluding carboxylic acids is 1. The Bertz CT molecular complexity index is 836. The van der Waals surface area contributed by atoms with Gasteiger partial charge in [-0.3, -0.25) is 9.69 Å². The first-order valence-electron chi connectivity index (χ1n) is 9.69. The molecule has 1 aromatic heterocycles. The molecule has 2 aromatic rings. The normalized spacial score (nSPS) is 21.6. The van der Waals surface area contributed by atoms with Crippen LogP contribution < -0.4 is 0 Å². The zero-order valence-corrected chi connectivity index (χ0v) is 15.0. The van der Waals surface area contributed by atoms with Crippen molar-refractivity contribution in [2.45, 2.75) is 58.2 Å². The largest absolute Gasteiger partial charge is 0.338 e. The Balaban J connectivity index is 1.47. The van der Waals surface area contributed by atoms with Crippen molar-refractivity contribution in [1.29, 1.82) is 0 Å². The minimum atomic E-state index is 0.175. The predicted octanol–water partition coefficient (Wildman–Crippen LogP) is 2.35. The molecule has 0 saturated heterocycles. The van der Waals surface area contributed by atoms with Gasteiger partial charge in [0.1, 0.15) is 5.82 Å². The SMILES string of the molecule is CC(=O)N1CCc2cc3nc4n(c3cc2C1)CCN(C1CCC1)CC4. The van der Waals surface area contributed by atoms with Crippen molar-refractivity contribution in [3.8, 4) is 0 Å². The van der Waals surface area contributed by atoms with Crippen molar-refractivity contribution in [1.82, 2.24) is 19.4 Å². The third kappa shape index (κ3) is 2.56. The van der Waals surface area contributed by atoms with Gasteiger partial charge in [0.05, 0.1) is 11.0 Å². The third-order valence-corrected chi connectivity index (χ3v) is 6.43. The van der Waals surface area contributed by atoms with Crippen molar-refractivity contribution in [2.24, 2.45) is 0 Å². The summed E-state index contributed by atoms with van der Waals surface area (Å²) in [6, 6.07) is 5.38. The molecule has 5 rings (SSSR count). The van der Waals surface area contributed by atoms with E-state index in [2.05, 4.69) is 21.6 Å². The monoisotopic (exact) mass is 338 g/mol. The highest BCUT2D eigenvalue weighted by Gasteiger charge is 2.28. The Kier molecular flexibility index (Phi) is 3.59. The third-order valence-electron chi connectivity index (χ3n) is 6.43. The van der Waals surface area contributed by atoms with Crippen LogP contribution in [0.2, 0.25) is 0 Å². The first-order valence-corrected chi connectivity index (χ1v) is 9.69. The van der Waals surface area contributed by atoms with Crippen molar-refractivity contribution in [3.05, 3.63) is 29.1 Å². The molecule has 0 bridgehead atoms. The highest BCUT2D eigenvalue weighted by molar-refractivity contribution is 5.79. The zero-order chi connectivity index (χ0) is 17.0. The Hall–Kier alpha value is -1.88. The molecule has 2 aliphatic heterocycles. The lowest BCUT2D eigenvalue weighted by molar-refractivity contribution is -0.129. The number of fused-ring (bicyclic) bond motifs is 4. The molecule has 0 unspecified atom stereocenters. The fourth-order valence-corrected chi connectivity index (χ4v) is 4.64. The lowest BCUT2D eigenvalue weighted by Gasteiger charge is -2.36. The Morgan fingerprint density at radius 1 is 1.08 bits per heavy atom. The summed E-state index contributed by atoms with van der Waals surface area (Å²) in [5.74, 6) is 1.41. The van der Waals surface area contributed by atoms with Gasteiger partial charge in [0, 0.05) is 52.1 Å². The van der Waals surface area contributed by atoms with Gasteiger partial charge in [-0.15, -0.1) is 0 Å². The zero-order valence-electron chi connectivity index (χ0n) is 15.0. The molecule has 1 fully saturated rings. The number of hydrogen-bond acceptors (Lipinski definition) is 3. The molecular formula is C20H26N4O. The van der Waals surface area contributed by atoms with Crippen molar-refractivity contribution < 1.29 is 4.79 Å². The van der Waals surface area contributed by atoms with E-state index in [9.17, 15) is 4.79 Å². The van der Waals surface area contributed by atoms with Crippen LogP contribution in [0, 0.1) is 0 Å². The summed E-state index contributed by atoms with van der Waals surface area (Å²) in [5, 5.41) is 0. The lowest BCUT2D eigenvalue weighted by Crippen LogP contribution is -2.41. The second-order valence-corrected chi connectivity index (χ2v) is 7.85. The number of benzene rings is 1. The minimum absolute atomic E-state index is 0.175. The van der Waals surface area contributed by atoms with E-state index >= 15 is 0 Å². The van der Waals surface area contributed by atoms with E-state index in [1.165, 1.54) is 41.7 Å². The second kappa shape index (κ2) is 5.84. The molecule has 25 heavy (non-hydrogen) atoms. The maximum Gasteiger partial charge on any atom is 0.219 e. The average Bonchev–Trinajstić information content (AvgIpc) is 2.76. The van der Waals surface area contributed by atoms with E-state index in [0.717, 1.165) is 57.1 Å². The van der Waals surface area contributed by atoms with E-state index in [1.807, 2.05) is 4.90 Å². The maximum atomic E-state index is 11.7. The number of imidazole rings is 1. The van der Waals surface area contributed by atoms with Crippen LogP contribution in [0.5, 0.6) is 0 Å². The van der Waals surface area contributed by atoms with Gasteiger partial charge in [0.15, 0.2) is 0 Å². The van der Waals surface area contributed by atoms with Crippen LogP contribution >= 0.6 is 0 Å². The minimum Gasteiger partial charge on any atom is -0.338 e. The number of aromatic nitrogens is 2. The molecule has 0 atom stereocenters. The summed E-state index contributed by atoms with van der Waals surface area (Å²) in [6.07, 6.45) is 6.14. The summed E-state index contributed by atoms with van der Waals surface area (Å²) >= 11 is 0. The van der Waals surface area contributed by atoms with Crippen LogP contribution in [0.3, 0.4) is 0 Å². The van der Waals surface area contributed by atoms with Crippen LogP contribution in [-0.4, -0.2) is 50.9 Å². The van der Waals surface area contributed by atoms with E-state index in [4.69, 9.17) is 4.98 Å². The maximum absolute atomic E-state index is 11.7. The molecule has 1 amide bonds. The fourth-order valence-electron chi connectivity index (χ4n) is 4.64. The van der Waals surface area contributed by atoms with Crippen LogP contribution in [0.4, 0.5) is 0 Å². The van der Waals surface area contributed by atoms with Crippen LogP contribution in [0.15, 0.2) is 12.1 Å². The first kappa shape index (κ1) is 15.4. The van der Waals surface area contributed by atoms with Crippen molar-refractivity contribution >= 4 is 16.9 Å². The molecule has 0 radical (unpaired) electrons. The smallest absolute Gasteiger partial charge is 0.219 e. The number of rotatable bonds is 1. The van der Waals surface area contributed by atoms with E-state index < -0.39 is 0 Å². The summed E-state index contributed by atoms with van der Waals surface area (Å²) in [6.45, 7) is 6.57. The summed E-state index contributed by atoms with van der Waals surface area (Å²) < 4.78 is 2.43. The molecule has 5 heteroatoms. The van der Waals surface area contributed by atoms with Crippen molar-refractivity contribution in [3.63, 3.8) is 0 Å². The molecule has 0 N–H and O–H groups in total. The topological polar surface area (TPSA) is 41.4 Å². The van der Waals surface area contributed by atoms with Gasteiger partial charge in [0.2, 0.25) is 5.91 Å². The molecule has 1 saturated carbocycles.